The van der Waals surface area contributed by atoms with Crippen LogP contribution in [0, 0.1) is 0 Å². The normalized spacial score (nSPS) is 21.9. The topological polar surface area (TPSA) is 64.0 Å². The Hall–Kier alpha value is -2.63. The lowest BCUT2D eigenvalue weighted by atomic mass is 9.90. The molecule has 1 heterocycles. The molecule has 1 aliphatic rings. The standard InChI is InChI=1S/C23H28N2O3/c1-4-12-24-14-17(3)25(15-16(24)2)22(18-8-7-9-19(26)13-18)20-10-5-6-11-21(20)23(27)28/h4-11,13,16-17,22,26H,1,12,14-15H2,2-3H3,(H,27,28)/t16-,17+,22-/m1/s1. The van der Waals surface area contributed by atoms with Gasteiger partial charge in [-0.25, -0.2) is 4.79 Å². The number of rotatable bonds is 6. The third kappa shape index (κ3) is 4.11. The molecule has 2 aromatic carbocycles. The number of aromatic hydroxyl groups is 1. The quantitative estimate of drug-likeness (QED) is 0.747. The molecule has 0 amide bonds. The van der Waals surface area contributed by atoms with Crippen molar-refractivity contribution in [1.82, 2.24) is 9.80 Å². The Balaban J connectivity index is 2.08. The predicted molar refractivity (Wildman–Crippen MR) is 111 cm³/mol. The van der Waals surface area contributed by atoms with Gasteiger partial charge in [-0.3, -0.25) is 9.80 Å². The van der Waals surface area contributed by atoms with Crippen LogP contribution in [0.2, 0.25) is 0 Å². The van der Waals surface area contributed by atoms with E-state index in [0.717, 1.165) is 30.8 Å². The molecule has 3 atom stereocenters. The van der Waals surface area contributed by atoms with Crippen LogP contribution in [0.3, 0.4) is 0 Å². The second-order valence-corrected chi connectivity index (χ2v) is 7.53. The van der Waals surface area contributed by atoms with Crippen LogP contribution in [0.15, 0.2) is 61.2 Å². The van der Waals surface area contributed by atoms with Crippen molar-refractivity contribution >= 4 is 5.97 Å². The largest absolute Gasteiger partial charge is 0.508 e. The van der Waals surface area contributed by atoms with Crippen molar-refractivity contribution in [3.63, 3.8) is 0 Å². The zero-order valence-electron chi connectivity index (χ0n) is 16.5. The van der Waals surface area contributed by atoms with Crippen LogP contribution in [-0.2, 0) is 0 Å². The van der Waals surface area contributed by atoms with Gasteiger partial charge in [-0.1, -0.05) is 36.4 Å². The van der Waals surface area contributed by atoms with E-state index in [1.54, 1.807) is 24.3 Å². The summed E-state index contributed by atoms with van der Waals surface area (Å²) in [7, 11) is 0. The molecular weight excluding hydrogens is 352 g/mol. The Morgan fingerprint density at radius 1 is 1.18 bits per heavy atom. The van der Waals surface area contributed by atoms with Crippen molar-refractivity contribution in [2.24, 2.45) is 0 Å². The number of phenolic OH excluding ortho intramolecular Hbond substituents is 1. The fraction of sp³-hybridized carbons (Fsp3) is 0.348. The Kier molecular flexibility index (Phi) is 6.17. The highest BCUT2D eigenvalue weighted by Gasteiger charge is 2.35. The Labute approximate surface area is 166 Å². The summed E-state index contributed by atoms with van der Waals surface area (Å²) in [5, 5.41) is 19.8. The molecule has 1 aliphatic heterocycles. The van der Waals surface area contributed by atoms with E-state index in [-0.39, 0.29) is 17.8 Å². The molecule has 3 rings (SSSR count). The molecule has 148 valence electrons. The lowest BCUT2D eigenvalue weighted by Crippen LogP contribution is -2.57. The Morgan fingerprint density at radius 3 is 2.61 bits per heavy atom. The summed E-state index contributed by atoms with van der Waals surface area (Å²) in [4.78, 5) is 16.6. The first-order valence-corrected chi connectivity index (χ1v) is 9.64. The highest BCUT2D eigenvalue weighted by molar-refractivity contribution is 5.89. The van der Waals surface area contributed by atoms with Gasteiger partial charge < -0.3 is 10.2 Å². The smallest absolute Gasteiger partial charge is 0.336 e. The second-order valence-electron chi connectivity index (χ2n) is 7.53. The van der Waals surface area contributed by atoms with E-state index in [2.05, 4.69) is 30.2 Å². The Morgan fingerprint density at radius 2 is 1.93 bits per heavy atom. The molecule has 0 saturated carbocycles. The van der Waals surface area contributed by atoms with Gasteiger partial charge in [0, 0.05) is 31.7 Å². The van der Waals surface area contributed by atoms with Crippen LogP contribution in [0.1, 0.15) is 41.4 Å². The van der Waals surface area contributed by atoms with Gasteiger partial charge in [0.15, 0.2) is 0 Å². The summed E-state index contributed by atoms with van der Waals surface area (Å²) in [6, 6.07) is 14.6. The number of aromatic carboxylic acids is 1. The summed E-state index contributed by atoms with van der Waals surface area (Å²) in [6.45, 7) is 10.7. The van der Waals surface area contributed by atoms with E-state index in [1.165, 1.54) is 0 Å². The maximum atomic E-state index is 11.9. The van der Waals surface area contributed by atoms with Crippen molar-refractivity contribution < 1.29 is 15.0 Å². The van der Waals surface area contributed by atoms with Gasteiger partial charge in [0.05, 0.1) is 11.6 Å². The third-order valence-electron chi connectivity index (χ3n) is 5.53. The van der Waals surface area contributed by atoms with Gasteiger partial charge in [-0.05, 0) is 43.2 Å². The molecule has 0 spiro atoms. The van der Waals surface area contributed by atoms with Gasteiger partial charge in [-0.2, -0.15) is 0 Å². The summed E-state index contributed by atoms with van der Waals surface area (Å²) in [5.41, 5.74) is 1.94. The number of hydrogen-bond acceptors (Lipinski definition) is 4. The molecule has 2 N–H and O–H groups in total. The zero-order valence-corrected chi connectivity index (χ0v) is 16.5. The van der Waals surface area contributed by atoms with Crippen molar-refractivity contribution in [1.29, 1.82) is 0 Å². The fourth-order valence-electron chi connectivity index (χ4n) is 4.18. The molecule has 0 unspecified atom stereocenters. The van der Waals surface area contributed by atoms with Gasteiger partial charge in [0.1, 0.15) is 5.75 Å². The minimum Gasteiger partial charge on any atom is -0.508 e. The summed E-state index contributed by atoms with van der Waals surface area (Å²) >= 11 is 0. The molecule has 5 nitrogen and oxygen atoms in total. The number of benzene rings is 2. The Bertz CT molecular complexity index is 851. The van der Waals surface area contributed by atoms with Crippen LogP contribution in [0.25, 0.3) is 0 Å². The molecule has 0 aliphatic carbocycles. The average molecular weight is 380 g/mol. The number of piperazine rings is 1. The minimum absolute atomic E-state index is 0.182. The SMILES string of the molecule is C=CCN1C[C@H](C)N([C@H](c2cccc(O)c2)c2ccccc2C(=O)O)C[C@H]1C. The highest BCUT2D eigenvalue weighted by Crippen LogP contribution is 2.36. The van der Waals surface area contributed by atoms with Crippen molar-refractivity contribution in [2.45, 2.75) is 32.0 Å². The van der Waals surface area contributed by atoms with Crippen LogP contribution in [0.4, 0.5) is 0 Å². The molecule has 0 radical (unpaired) electrons. The number of carbonyl (C=O) groups is 1. The van der Waals surface area contributed by atoms with Gasteiger partial charge in [0.25, 0.3) is 0 Å². The van der Waals surface area contributed by atoms with E-state index in [4.69, 9.17) is 0 Å². The zero-order chi connectivity index (χ0) is 20.3. The molecule has 2 aromatic rings. The van der Waals surface area contributed by atoms with Gasteiger partial charge in [0.2, 0.25) is 0 Å². The molecular formula is C23H28N2O3. The fourth-order valence-corrected chi connectivity index (χ4v) is 4.18. The van der Waals surface area contributed by atoms with E-state index in [1.807, 2.05) is 30.3 Å². The molecule has 1 saturated heterocycles. The average Bonchev–Trinajstić information content (AvgIpc) is 2.66. The molecule has 1 fully saturated rings. The number of carboxylic acids is 1. The minimum atomic E-state index is -0.938. The van der Waals surface area contributed by atoms with Crippen LogP contribution >= 0.6 is 0 Å². The van der Waals surface area contributed by atoms with Crippen molar-refractivity contribution in [3.8, 4) is 5.75 Å². The highest BCUT2D eigenvalue weighted by atomic mass is 16.4. The van der Waals surface area contributed by atoms with Gasteiger partial charge >= 0.3 is 5.97 Å². The molecule has 5 heteroatoms. The number of hydrogen-bond donors (Lipinski definition) is 2. The number of phenols is 1. The van der Waals surface area contributed by atoms with Crippen molar-refractivity contribution in [2.75, 3.05) is 19.6 Å². The first-order chi connectivity index (χ1) is 13.4. The van der Waals surface area contributed by atoms with Crippen molar-refractivity contribution in [3.05, 3.63) is 77.9 Å². The number of nitrogens with zero attached hydrogens (tertiary/aromatic N) is 2. The lowest BCUT2D eigenvalue weighted by molar-refractivity contribution is 0.0301. The second kappa shape index (κ2) is 8.59. The summed E-state index contributed by atoms with van der Waals surface area (Å²) in [6.07, 6.45) is 1.92. The van der Waals surface area contributed by atoms with Crippen LogP contribution in [-0.4, -0.2) is 57.7 Å². The maximum Gasteiger partial charge on any atom is 0.336 e. The van der Waals surface area contributed by atoms with E-state index in [9.17, 15) is 15.0 Å². The predicted octanol–water partition coefficient (Wildman–Crippen LogP) is 3.76. The van der Waals surface area contributed by atoms with Crippen LogP contribution < -0.4 is 0 Å². The maximum absolute atomic E-state index is 11.9. The van der Waals surface area contributed by atoms with Crippen LogP contribution in [0.5, 0.6) is 5.75 Å². The summed E-state index contributed by atoms with van der Waals surface area (Å²) < 4.78 is 0. The van der Waals surface area contributed by atoms with E-state index >= 15 is 0 Å². The lowest BCUT2D eigenvalue weighted by Gasteiger charge is -2.47. The molecule has 28 heavy (non-hydrogen) atoms. The van der Waals surface area contributed by atoms with E-state index in [0.29, 0.717) is 11.6 Å². The first kappa shape index (κ1) is 20.1. The molecule has 0 aromatic heterocycles. The monoisotopic (exact) mass is 380 g/mol. The third-order valence-corrected chi connectivity index (χ3v) is 5.53. The number of carboxylic acid groups (broad SMARTS) is 1. The summed E-state index contributed by atoms with van der Waals surface area (Å²) in [5.74, 6) is -0.756. The first-order valence-electron chi connectivity index (χ1n) is 9.64. The van der Waals surface area contributed by atoms with Gasteiger partial charge in [-0.15, -0.1) is 6.58 Å². The molecule has 0 bridgehead atoms. The van der Waals surface area contributed by atoms with E-state index < -0.39 is 5.97 Å².